The zero-order valence-corrected chi connectivity index (χ0v) is 14.3. The van der Waals surface area contributed by atoms with Crippen LogP contribution in [0.5, 0.6) is 0 Å². The van der Waals surface area contributed by atoms with Crippen LogP contribution < -0.4 is 5.56 Å². The molecule has 1 saturated carbocycles. The summed E-state index contributed by atoms with van der Waals surface area (Å²) in [5.41, 5.74) is 1.75. The second kappa shape index (κ2) is 5.69. The van der Waals surface area contributed by atoms with Gasteiger partial charge in [-0.1, -0.05) is 6.07 Å². The maximum absolute atomic E-state index is 12.7. The van der Waals surface area contributed by atoms with E-state index in [2.05, 4.69) is 10.1 Å². The largest absolute Gasteiger partial charge is 0.433 e. The Morgan fingerprint density at radius 2 is 2.00 bits per heavy atom. The molecular weight excluding hydrogens is 345 g/mol. The summed E-state index contributed by atoms with van der Waals surface area (Å²) in [5.74, 6) is 0. The number of pyridine rings is 2. The Morgan fingerprint density at radius 3 is 2.58 bits per heavy atom. The monoisotopic (exact) mass is 362 g/mol. The van der Waals surface area contributed by atoms with Gasteiger partial charge in [0, 0.05) is 37.3 Å². The van der Waals surface area contributed by atoms with Crippen LogP contribution in [-0.2, 0) is 19.6 Å². The first-order chi connectivity index (χ1) is 12.3. The normalized spacial score (nSPS) is 15.0. The van der Waals surface area contributed by atoms with E-state index >= 15 is 0 Å². The average molecular weight is 362 g/mol. The number of hydrogen-bond donors (Lipinski definition) is 0. The summed E-state index contributed by atoms with van der Waals surface area (Å²) in [5, 5.41) is 5.15. The van der Waals surface area contributed by atoms with Crippen molar-refractivity contribution in [3.8, 4) is 0 Å². The molecule has 0 aromatic carbocycles. The lowest BCUT2D eigenvalue weighted by molar-refractivity contribution is -0.141. The molecule has 0 saturated heterocycles. The van der Waals surface area contributed by atoms with Crippen molar-refractivity contribution in [2.24, 2.45) is 7.05 Å². The Balaban J connectivity index is 1.76. The van der Waals surface area contributed by atoms with Crippen molar-refractivity contribution in [1.82, 2.24) is 19.3 Å². The summed E-state index contributed by atoms with van der Waals surface area (Å²) >= 11 is 0. The fourth-order valence-corrected chi connectivity index (χ4v) is 3.29. The third kappa shape index (κ3) is 2.79. The van der Waals surface area contributed by atoms with Gasteiger partial charge in [-0.3, -0.25) is 14.5 Å². The van der Waals surface area contributed by atoms with Crippen LogP contribution in [0.1, 0.15) is 41.4 Å². The summed E-state index contributed by atoms with van der Waals surface area (Å²) in [6.45, 7) is 1.93. The highest BCUT2D eigenvalue weighted by Crippen LogP contribution is 2.35. The van der Waals surface area contributed by atoms with Crippen LogP contribution in [0.2, 0.25) is 0 Å². The van der Waals surface area contributed by atoms with Crippen LogP contribution in [0.4, 0.5) is 13.2 Å². The van der Waals surface area contributed by atoms with Crippen LogP contribution in [-0.4, -0.2) is 19.3 Å². The molecule has 26 heavy (non-hydrogen) atoms. The molecule has 136 valence electrons. The molecule has 5 nitrogen and oxygen atoms in total. The second-order valence-corrected chi connectivity index (χ2v) is 6.78. The number of aromatic nitrogens is 4. The minimum Gasteiger partial charge on any atom is -0.310 e. The highest BCUT2D eigenvalue weighted by Gasteiger charge is 2.32. The average Bonchev–Trinajstić information content (AvgIpc) is 3.36. The molecular formula is C18H17F3N4O. The first kappa shape index (κ1) is 16.8. The third-order valence-electron chi connectivity index (χ3n) is 4.76. The van der Waals surface area contributed by atoms with E-state index in [9.17, 15) is 18.0 Å². The molecule has 1 aliphatic carbocycles. The number of nitrogens with zero attached hydrogens (tertiary/aromatic N) is 4. The molecule has 0 N–H and O–H groups in total. The Kier molecular flexibility index (Phi) is 3.68. The Morgan fingerprint density at radius 1 is 1.27 bits per heavy atom. The summed E-state index contributed by atoms with van der Waals surface area (Å²) in [4.78, 5) is 16.2. The maximum atomic E-state index is 12.7. The first-order valence-corrected chi connectivity index (χ1v) is 8.35. The van der Waals surface area contributed by atoms with Crippen molar-refractivity contribution in [2.75, 3.05) is 0 Å². The number of halogens is 3. The summed E-state index contributed by atoms with van der Waals surface area (Å²) in [7, 11) is 1.74. The fraction of sp³-hybridized carbons (Fsp3) is 0.389. The van der Waals surface area contributed by atoms with E-state index in [1.807, 2.05) is 13.1 Å². The van der Waals surface area contributed by atoms with Crippen molar-refractivity contribution in [1.29, 1.82) is 0 Å². The van der Waals surface area contributed by atoms with Gasteiger partial charge in [0.05, 0.1) is 5.69 Å². The molecule has 3 heterocycles. The lowest BCUT2D eigenvalue weighted by atomic mass is 10.1. The van der Waals surface area contributed by atoms with Gasteiger partial charge in [0.25, 0.3) is 5.56 Å². The molecule has 1 fully saturated rings. The molecule has 0 aliphatic heterocycles. The van der Waals surface area contributed by atoms with Gasteiger partial charge in [-0.25, -0.2) is 0 Å². The number of fused-ring (bicyclic) bond motifs is 1. The molecule has 0 unspecified atom stereocenters. The molecule has 0 spiro atoms. The quantitative estimate of drug-likeness (QED) is 0.718. The van der Waals surface area contributed by atoms with Crippen LogP contribution in [0.3, 0.4) is 0 Å². The van der Waals surface area contributed by atoms with Crippen molar-refractivity contribution < 1.29 is 13.2 Å². The van der Waals surface area contributed by atoms with Gasteiger partial charge in [0.15, 0.2) is 5.52 Å². The van der Waals surface area contributed by atoms with Crippen molar-refractivity contribution in [2.45, 2.75) is 38.4 Å². The number of alkyl halides is 3. The van der Waals surface area contributed by atoms with Gasteiger partial charge >= 0.3 is 6.18 Å². The van der Waals surface area contributed by atoms with E-state index in [0.717, 1.165) is 35.6 Å². The van der Waals surface area contributed by atoms with Crippen LogP contribution >= 0.6 is 0 Å². The maximum Gasteiger partial charge on any atom is 0.433 e. The van der Waals surface area contributed by atoms with E-state index in [4.69, 9.17) is 0 Å². The Bertz CT molecular complexity index is 1040. The van der Waals surface area contributed by atoms with Gasteiger partial charge < -0.3 is 4.57 Å². The van der Waals surface area contributed by atoms with Gasteiger partial charge in [-0.15, -0.1) is 0 Å². The predicted molar refractivity (Wildman–Crippen MR) is 90.0 cm³/mol. The van der Waals surface area contributed by atoms with Gasteiger partial charge in [0.1, 0.15) is 5.69 Å². The molecule has 3 aromatic rings. The van der Waals surface area contributed by atoms with Crippen LogP contribution in [0.15, 0.2) is 29.3 Å². The number of hydrogen-bond acceptors (Lipinski definition) is 3. The summed E-state index contributed by atoms with van der Waals surface area (Å²) in [6.07, 6.45) is 0.985. The zero-order valence-electron chi connectivity index (χ0n) is 14.3. The van der Waals surface area contributed by atoms with E-state index in [-0.39, 0.29) is 11.6 Å². The molecule has 3 aromatic heterocycles. The number of aryl methyl sites for hydroxylation is 2. The topological polar surface area (TPSA) is 52.7 Å². The Hall–Kier alpha value is -2.64. The number of rotatable bonds is 3. The van der Waals surface area contributed by atoms with Crippen molar-refractivity contribution in [3.05, 3.63) is 57.4 Å². The van der Waals surface area contributed by atoms with Crippen LogP contribution in [0.25, 0.3) is 10.9 Å². The lowest BCUT2D eigenvalue weighted by Gasteiger charge is -2.09. The second-order valence-electron chi connectivity index (χ2n) is 6.78. The molecule has 0 atom stereocenters. The highest BCUT2D eigenvalue weighted by molar-refractivity contribution is 5.84. The molecule has 0 radical (unpaired) electrons. The first-order valence-electron chi connectivity index (χ1n) is 8.35. The fourth-order valence-electron chi connectivity index (χ4n) is 3.29. The van der Waals surface area contributed by atoms with E-state index < -0.39 is 11.9 Å². The van der Waals surface area contributed by atoms with E-state index in [0.29, 0.717) is 17.5 Å². The molecule has 0 bridgehead atoms. The Labute approximate surface area is 147 Å². The highest BCUT2D eigenvalue weighted by atomic mass is 19.4. The summed E-state index contributed by atoms with van der Waals surface area (Å²) in [6, 6.07) is 2.64. The van der Waals surface area contributed by atoms with Gasteiger partial charge in [0.2, 0.25) is 0 Å². The molecule has 1 aliphatic rings. The van der Waals surface area contributed by atoms with Crippen LogP contribution in [0, 0.1) is 6.92 Å². The van der Waals surface area contributed by atoms with E-state index in [1.54, 1.807) is 16.3 Å². The third-order valence-corrected chi connectivity index (χ3v) is 4.76. The van der Waals surface area contributed by atoms with Crippen molar-refractivity contribution in [3.63, 3.8) is 0 Å². The summed E-state index contributed by atoms with van der Waals surface area (Å²) < 4.78 is 41.4. The van der Waals surface area contributed by atoms with Gasteiger partial charge in [-0.2, -0.15) is 18.3 Å². The predicted octanol–water partition coefficient (Wildman–Crippen LogP) is 3.38. The van der Waals surface area contributed by atoms with Crippen molar-refractivity contribution >= 4 is 10.9 Å². The standard InChI is InChI=1S/C18H17F3N4O/c1-10-9-25(12-4-5-12)17(26)16-15(10)13(24(2)23-16)7-11-3-6-14(22-8-11)18(19,20)21/h3,6,8-9,12H,4-5,7H2,1-2H3. The minimum absolute atomic E-state index is 0.111. The van der Waals surface area contributed by atoms with Gasteiger partial charge in [-0.05, 0) is 37.0 Å². The smallest absolute Gasteiger partial charge is 0.310 e. The zero-order chi connectivity index (χ0) is 18.6. The van der Waals surface area contributed by atoms with E-state index in [1.165, 1.54) is 12.3 Å². The lowest BCUT2D eigenvalue weighted by Crippen LogP contribution is -2.19. The molecule has 8 heteroatoms. The molecule has 4 rings (SSSR count). The SMILES string of the molecule is Cc1cn(C2CC2)c(=O)c2nn(C)c(Cc3ccc(C(F)(F)F)nc3)c12. The minimum atomic E-state index is -4.46. The molecule has 0 amide bonds.